The highest BCUT2D eigenvalue weighted by molar-refractivity contribution is 6.26. The molecule has 0 heterocycles. The van der Waals surface area contributed by atoms with E-state index >= 15 is 0 Å². The molecule has 7 aromatic carbocycles. The second-order valence-corrected chi connectivity index (χ2v) is 8.02. The van der Waals surface area contributed by atoms with Gasteiger partial charge in [0.25, 0.3) is 0 Å². The molecule has 0 unspecified atom stereocenters. The first-order valence-corrected chi connectivity index (χ1v) is 10.0. The van der Waals surface area contributed by atoms with Crippen LogP contribution in [-0.4, -0.2) is 0 Å². The summed E-state index contributed by atoms with van der Waals surface area (Å²) in [6.07, 6.45) is 0. The highest BCUT2D eigenvalue weighted by atomic mass is 16.1. The average Bonchev–Trinajstić information content (AvgIpc) is 3.25. The third-order valence-electron chi connectivity index (χ3n) is 6.54. The smallest absolute Gasteiger partial charge is 0.194 e. The average molecular weight is 382 g/mol. The van der Waals surface area contributed by atoms with Crippen molar-refractivity contribution in [1.29, 1.82) is 0 Å². The Morgan fingerprint density at radius 3 is 1.20 bits per heavy atom. The summed E-state index contributed by atoms with van der Waals surface area (Å²) in [5.41, 5.74) is 0.158. The fourth-order valence-electron chi connectivity index (χ4n) is 5.18. The molecule has 0 aliphatic carbocycles. The molecule has 0 fully saturated rings. The van der Waals surface area contributed by atoms with Gasteiger partial charge in [0.15, 0.2) is 10.9 Å². The molecular weight excluding hydrogens is 368 g/mol. The number of rotatable bonds is 0. The van der Waals surface area contributed by atoms with Gasteiger partial charge in [0, 0.05) is 21.5 Å². The van der Waals surface area contributed by atoms with Gasteiger partial charge in [-0.3, -0.25) is 9.59 Å². The first-order valence-electron chi connectivity index (χ1n) is 10.0. The van der Waals surface area contributed by atoms with Crippen molar-refractivity contribution >= 4 is 64.6 Å². The predicted molar refractivity (Wildman–Crippen MR) is 126 cm³/mol. The van der Waals surface area contributed by atoms with Gasteiger partial charge in [0.1, 0.15) is 0 Å². The number of hydrogen-bond donors (Lipinski definition) is 0. The Morgan fingerprint density at radius 2 is 0.767 bits per heavy atom. The Balaban J connectivity index is 1.72. The molecule has 0 aliphatic heterocycles. The summed E-state index contributed by atoms with van der Waals surface area (Å²) in [7, 11) is 0. The molecule has 138 valence electrons. The fourth-order valence-corrected chi connectivity index (χ4v) is 5.18. The lowest BCUT2D eigenvalue weighted by molar-refractivity contribution is 1.80. The zero-order valence-corrected chi connectivity index (χ0v) is 15.9. The largest absolute Gasteiger partial charge is 0.289 e. The molecule has 7 rings (SSSR count). The van der Waals surface area contributed by atoms with E-state index in [4.69, 9.17) is 0 Å². The van der Waals surface area contributed by atoms with E-state index in [-0.39, 0.29) is 10.9 Å². The summed E-state index contributed by atoms with van der Waals surface area (Å²) in [5, 5.41) is 10.9. The zero-order chi connectivity index (χ0) is 20.0. The maximum absolute atomic E-state index is 13.2. The molecule has 7 aromatic rings. The predicted octanol–water partition coefficient (Wildman–Crippen LogP) is 6.20. The Morgan fingerprint density at radius 1 is 0.367 bits per heavy atom. The van der Waals surface area contributed by atoms with Crippen molar-refractivity contribution in [2.45, 2.75) is 0 Å². The van der Waals surface area contributed by atoms with Crippen LogP contribution in [0.1, 0.15) is 0 Å². The minimum Gasteiger partial charge on any atom is -0.289 e. The second kappa shape index (κ2) is 5.31. The summed E-state index contributed by atoms with van der Waals surface area (Å²) in [5.74, 6) is 0. The quantitative estimate of drug-likeness (QED) is 0.293. The maximum Gasteiger partial charge on any atom is 0.194 e. The van der Waals surface area contributed by atoms with Gasteiger partial charge in [-0.05, 0) is 55.2 Å². The topological polar surface area (TPSA) is 34.1 Å². The van der Waals surface area contributed by atoms with Gasteiger partial charge in [-0.1, -0.05) is 72.8 Å². The molecule has 2 heteroatoms. The standard InChI is InChI=1S/C28H14O2/c29-27-21-7-3-1-5-17(21)19-11-9-15-14-24-16(13-23(15)25(19)27)10-12-20-18-6-2-4-8-22(18)28(30)26(20)24/h1-14H. The summed E-state index contributed by atoms with van der Waals surface area (Å²) in [6, 6.07) is 27.9. The van der Waals surface area contributed by atoms with Gasteiger partial charge in [-0.2, -0.15) is 0 Å². The van der Waals surface area contributed by atoms with Gasteiger partial charge >= 0.3 is 0 Å². The van der Waals surface area contributed by atoms with Gasteiger partial charge in [-0.25, -0.2) is 0 Å². The van der Waals surface area contributed by atoms with Crippen molar-refractivity contribution in [2.75, 3.05) is 0 Å². The Labute approximate surface area is 170 Å². The third-order valence-corrected chi connectivity index (χ3v) is 6.54. The highest BCUT2D eigenvalue weighted by Gasteiger charge is 2.16. The lowest BCUT2D eigenvalue weighted by Crippen LogP contribution is -1.96. The van der Waals surface area contributed by atoms with Crippen LogP contribution < -0.4 is 10.9 Å². The maximum atomic E-state index is 13.2. The molecular formula is C28H14O2. The molecule has 0 radical (unpaired) electrons. The molecule has 0 aliphatic rings. The highest BCUT2D eigenvalue weighted by Crippen LogP contribution is 2.36. The minimum atomic E-state index is 0.0789. The van der Waals surface area contributed by atoms with Crippen LogP contribution in [0, 0.1) is 0 Å². The number of benzene rings is 5. The second-order valence-electron chi connectivity index (χ2n) is 8.02. The van der Waals surface area contributed by atoms with Gasteiger partial charge in [0.05, 0.1) is 0 Å². The summed E-state index contributed by atoms with van der Waals surface area (Å²) in [6.45, 7) is 0. The minimum absolute atomic E-state index is 0.0789. The van der Waals surface area contributed by atoms with Crippen molar-refractivity contribution in [3.05, 3.63) is 105 Å². The lowest BCUT2D eigenvalue weighted by atomic mass is 9.97. The molecule has 2 nitrogen and oxygen atoms in total. The van der Waals surface area contributed by atoms with Crippen molar-refractivity contribution in [3.63, 3.8) is 0 Å². The van der Waals surface area contributed by atoms with Crippen LogP contribution >= 0.6 is 0 Å². The van der Waals surface area contributed by atoms with Crippen molar-refractivity contribution in [1.82, 2.24) is 0 Å². The Hall–Kier alpha value is -4.04. The first-order chi connectivity index (χ1) is 14.7. The van der Waals surface area contributed by atoms with Crippen molar-refractivity contribution in [2.24, 2.45) is 0 Å². The number of fused-ring (bicyclic) bond motifs is 10. The lowest BCUT2D eigenvalue weighted by Gasteiger charge is -2.05. The molecule has 0 saturated heterocycles. The van der Waals surface area contributed by atoms with Crippen LogP contribution in [0.3, 0.4) is 0 Å². The van der Waals surface area contributed by atoms with E-state index in [1.54, 1.807) is 0 Å². The van der Waals surface area contributed by atoms with E-state index in [2.05, 4.69) is 24.3 Å². The van der Waals surface area contributed by atoms with Crippen LogP contribution in [0.4, 0.5) is 0 Å². The first kappa shape index (κ1) is 15.8. The van der Waals surface area contributed by atoms with Gasteiger partial charge < -0.3 is 0 Å². The molecule has 0 amide bonds. The summed E-state index contributed by atoms with van der Waals surface area (Å²) >= 11 is 0. The van der Waals surface area contributed by atoms with E-state index in [0.717, 1.165) is 64.6 Å². The Kier molecular flexibility index (Phi) is 2.80. The number of hydrogen-bond acceptors (Lipinski definition) is 2. The van der Waals surface area contributed by atoms with E-state index in [1.807, 2.05) is 60.7 Å². The Bertz CT molecular complexity index is 1790. The van der Waals surface area contributed by atoms with E-state index in [1.165, 1.54) is 0 Å². The van der Waals surface area contributed by atoms with Gasteiger partial charge in [-0.15, -0.1) is 0 Å². The molecule has 0 saturated carbocycles. The van der Waals surface area contributed by atoms with Crippen LogP contribution in [0.25, 0.3) is 64.6 Å². The normalized spacial score (nSPS) is 12.3. The van der Waals surface area contributed by atoms with Crippen LogP contribution in [0.15, 0.2) is 94.5 Å². The molecule has 0 atom stereocenters. The molecule has 0 bridgehead atoms. The monoisotopic (exact) mass is 382 g/mol. The fraction of sp³-hybridized carbons (Fsp3) is 0. The van der Waals surface area contributed by atoms with E-state index in [9.17, 15) is 9.59 Å². The van der Waals surface area contributed by atoms with Crippen LogP contribution in [0.5, 0.6) is 0 Å². The summed E-state index contributed by atoms with van der Waals surface area (Å²) in [4.78, 5) is 26.3. The zero-order valence-electron chi connectivity index (χ0n) is 15.9. The molecule has 0 N–H and O–H groups in total. The van der Waals surface area contributed by atoms with Crippen LogP contribution in [-0.2, 0) is 0 Å². The molecule has 0 spiro atoms. The van der Waals surface area contributed by atoms with E-state index < -0.39 is 0 Å². The van der Waals surface area contributed by atoms with Gasteiger partial charge in [0.2, 0.25) is 0 Å². The molecule has 30 heavy (non-hydrogen) atoms. The van der Waals surface area contributed by atoms with Crippen molar-refractivity contribution < 1.29 is 0 Å². The van der Waals surface area contributed by atoms with Crippen LogP contribution in [0.2, 0.25) is 0 Å². The summed E-state index contributed by atoms with van der Waals surface area (Å²) < 4.78 is 0. The SMILES string of the molecule is O=c1c2ccccc2c2ccc3cc4c(ccc5c6ccccc6c(=O)c45)cc3c12. The van der Waals surface area contributed by atoms with E-state index in [0.29, 0.717) is 0 Å². The van der Waals surface area contributed by atoms with Crippen molar-refractivity contribution in [3.8, 4) is 0 Å². The molecule has 0 aromatic heterocycles. The third kappa shape index (κ3) is 1.79.